The number of aromatic hydroxyl groups is 1. The van der Waals surface area contributed by atoms with E-state index in [2.05, 4.69) is 5.32 Å². The van der Waals surface area contributed by atoms with E-state index in [1.165, 1.54) is 25.3 Å². The molecule has 0 aromatic heterocycles. The highest BCUT2D eigenvalue weighted by Gasteiger charge is 2.35. The van der Waals surface area contributed by atoms with Gasteiger partial charge in [0.1, 0.15) is 5.57 Å². The highest BCUT2D eigenvalue weighted by atomic mass is 16.5. The number of amides is 4. The molecule has 0 spiro atoms. The molecule has 1 fully saturated rings. The van der Waals surface area contributed by atoms with Crippen molar-refractivity contribution in [2.75, 3.05) is 13.7 Å². The van der Waals surface area contributed by atoms with Crippen LogP contribution in [0.15, 0.2) is 23.8 Å². The summed E-state index contributed by atoms with van der Waals surface area (Å²) in [5.74, 6) is -1.21. The number of ether oxygens (including phenoxy) is 1. The van der Waals surface area contributed by atoms with E-state index < -0.39 is 17.8 Å². The lowest BCUT2D eigenvalue weighted by atomic mass is 10.1. The first-order valence-corrected chi connectivity index (χ1v) is 7.23. The average Bonchev–Trinajstić information content (AvgIpc) is 2.51. The Morgan fingerprint density at radius 1 is 1.30 bits per heavy atom. The first-order valence-electron chi connectivity index (χ1n) is 7.23. The van der Waals surface area contributed by atoms with Gasteiger partial charge in [0.2, 0.25) is 0 Å². The van der Waals surface area contributed by atoms with Crippen molar-refractivity contribution in [3.8, 4) is 11.5 Å². The maximum atomic E-state index is 12.4. The number of benzene rings is 1. The molecule has 7 nitrogen and oxygen atoms in total. The standard InChI is InChI=1S/C16H18N2O5/c1-3-4-7-18-15(21)11(14(20)17-16(18)22)8-10-5-6-13(23-2)12(19)9-10/h5-6,8-9,19H,3-4,7H2,1-2H3,(H,17,20,22). The van der Waals surface area contributed by atoms with Crippen LogP contribution in [0.3, 0.4) is 0 Å². The van der Waals surface area contributed by atoms with E-state index in [-0.39, 0.29) is 23.6 Å². The maximum Gasteiger partial charge on any atom is 0.331 e. The predicted octanol–water partition coefficient (Wildman–Crippen LogP) is 1.66. The number of barbiturate groups is 1. The number of hydrogen-bond acceptors (Lipinski definition) is 5. The molecule has 1 aliphatic heterocycles. The number of rotatable bonds is 5. The topological polar surface area (TPSA) is 95.9 Å². The zero-order chi connectivity index (χ0) is 17.0. The molecule has 0 atom stereocenters. The van der Waals surface area contributed by atoms with Gasteiger partial charge in [-0.15, -0.1) is 0 Å². The van der Waals surface area contributed by atoms with Crippen molar-refractivity contribution >= 4 is 23.9 Å². The smallest absolute Gasteiger partial charge is 0.331 e. The second-order valence-corrected chi connectivity index (χ2v) is 5.06. The zero-order valence-electron chi connectivity index (χ0n) is 13.0. The molecule has 0 bridgehead atoms. The van der Waals surface area contributed by atoms with Crippen molar-refractivity contribution in [3.63, 3.8) is 0 Å². The molecule has 1 saturated heterocycles. The third-order valence-corrected chi connectivity index (χ3v) is 3.43. The lowest BCUT2D eigenvalue weighted by molar-refractivity contribution is -0.130. The number of methoxy groups -OCH3 is 1. The highest BCUT2D eigenvalue weighted by molar-refractivity contribution is 6.31. The van der Waals surface area contributed by atoms with Crippen molar-refractivity contribution in [3.05, 3.63) is 29.3 Å². The fourth-order valence-electron chi connectivity index (χ4n) is 2.18. The number of phenols is 1. The lowest BCUT2D eigenvalue weighted by Crippen LogP contribution is -2.54. The van der Waals surface area contributed by atoms with Gasteiger partial charge < -0.3 is 9.84 Å². The van der Waals surface area contributed by atoms with E-state index in [4.69, 9.17) is 4.74 Å². The molecule has 1 aromatic rings. The normalized spacial score (nSPS) is 16.7. The van der Waals surface area contributed by atoms with E-state index in [1.807, 2.05) is 6.92 Å². The second-order valence-electron chi connectivity index (χ2n) is 5.06. The molecule has 0 saturated carbocycles. The molecule has 0 radical (unpaired) electrons. The largest absolute Gasteiger partial charge is 0.504 e. The van der Waals surface area contributed by atoms with Gasteiger partial charge in [-0.1, -0.05) is 19.4 Å². The van der Waals surface area contributed by atoms with Crippen molar-refractivity contribution in [1.82, 2.24) is 10.2 Å². The van der Waals surface area contributed by atoms with Crippen LogP contribution in [0.25, 0.3) is 6.08 Å². The van der Waals surface area contributed by atoms with Gasteiger partial charge in [0, 0.05) is 6.54 Å². The van der Waals surface area contributed by atoms with Gasteiger partial charge in [0.25, 0.3) is 11.8 Å². The summed E-state index contributed by atoms with van der Waals surface area (Å²) < 4.78 is 4.94. The van der Waals surface area contributed by atoms with Crippen molar-refractivity contribution in [2.24, 2.45) is 0 Å². The van der Waals surface area contributed by atoms with Gasteiger partial charge in [-0.25, -0.2) is 4.79 Å². The lowest BCUT2D eigenvalue weighted by Gasteiger charge is -2.26. The first-order chi connectivity index (χ1) is 11.0. The number of carbonyl (C=O) groups excluding carboxylic acids is 3. The molecule has 0 aliphatic carbocycles. The number of urea groups is 1. The molecule has 7 heteroatoms. The summed E-state index contributed by atoms with van der Waals surface area (Å²) >= 11 is 0. The summed E-state index contributed by atoms with van der Waals surface area (Å²) in [6.45, 7) is 2.19. The maximum absolute atomic E-state index is 12.4. The number of imide groups is 2. The van der Waals surface area contributed by atoms with Crippen LogP contribution in [0, 0.1) is 0 Å². The minimum Gasteiger partial charge on any atom is -0.504 e. The molecule has 0 unspecified atom stereocenters. The summed E-state index contributed by atoms with van der Waals surface area (Å²) in [4.78, 5) is 37.0. The Hall–Kier alpha value is -2.83. The third-order valence-electron chi connectivity index (χ3n) is 3.43. The summed E-state index contributed by atoms with van der Waals surface area (Å²) in [5.41, 5.74) is 0.303. The Morgan fingerprint density at radius 3 is 2.65 bits per heavy atom. The molecule has 1 aliphatic rings. The molecule has 122 valence electrons. The van der Waals surface area contributed by atoms with Crippen LogP contribution < -0.4 is 10.1 Å². The van der Waals surface area contributed by atoms with Gasteiger partial charge in [-0.2, -0.15) is 0 Å². The molecule has 2 N–H and O–H groups in total. The van der Waals surface area contributed by atoms with Crippen LogP contribution in [0.4, 0.5) is 4.79 Å². The van der Waals surface area contributed by atoms with Gasteiger partial charge >= 0.3 is 6.03 Å². The Labute approximate surface area is 133 Å². The minimum absolute atomic E-state index is 0.107. The predicted molar refractivity (Wildman–Crippen MR) is 82.8 cm³/mol. The summed E-state index contributed by atoms with van der Waals surface area (Å²) in [6, 6.07) is 3.79. The van der Waals surface area contributed by atoms with Crippen LogP contribution >= 0.6 is 0 Å². The van der Waals surface area contributed by atoms with Crippen LogP contribution in [0.2, 0.25) is 0 Å². The van der Waals surface area contributed by atoms with Crippen LogP contribution in [0.1, 0.15) is 25.3 Å². The fraction of sp³-hybridized carbons (Fsp3) is 0.312. The van der Waals surface area contributed by atoms with Gasteiger partial charge in [0.05, 0.1) is 7.11 Å². The van der Waals surface area contributed by atoms with Gasteiger partial charge in [-0.3, -0.25) is 19.8 Å². The molecular weight excluding hydrogens is 300 g/mol. The quantitative estimate of drug-likeness (QED) is 0.636. The monoisotopic (exact) mass is 318 g/mol. The molecular formula is C16H18N2O5. The van der Waals surface area contributed by atoms with Crippen molar-refractivity contribution in [1.29, 1.82) is 0 Å². The van der Waals surface area contributed by atoms with Crippen molar-refractivity contribution < 1.29 is 24.2 Å². The van der Waals surface area contributed by atoms with Crippen LogP contribution in [-0.2, 0) is 9.59 Å². The van der Waals surface area contributed by atoms with Gasteiger partial charge in [0.15, 0.2) is 11.5 Å². The van der Waals surface area contributed by atoms with E-state index >= 15 is 0 Å². The number of carbonyl (C=O) groups is 3. The fourth-order valence-corrected chi connectivity index (χ4v) is 2.18. The Morgan fingerprint density at radius 2 is 2.04 bits per heavy atom. The Bertz CT molecular complexity index is 681. The zero-order valence-corrected chi connectivity index (χ0v) is 13.0. The number of nitrogens with zero attached hydrogens (tertiary/aromatic N) is 1. The van der Waals surface area contributed by atoms with E-state index in [1.54, 1.807) is 6.07 Å². The summed E-state index contributed by atoms with van der Waals surface area (Å²) in [6.07, 6.45) is 2.81. The van der Waals surface area contributed by atoms with E-state index in [0.717, 1.165) is 11.3 Å². The highest BCUT2D eigenvalue weighted by Crippen LogP contribution is 2.27. The Kier molecular flexibility index (Phi) is 5.00. The molecule has 23 heavy (non-hydrogen) atoms. The molecule has 2 rings (SSSR count). The molecule has 1 heterocycles. The summed E-state index contributed by atoms with van der Waals surface area (Å²) in [5, 5.41) is 11.9. The first kappa shape index (κ1) is 16.5. The van der Waals surface area contributed by atoms with E-state index in [0.29, 0.717) is 12.0 Å². The number of unbranched alkanes of at least 4 members (excludes halogenated alkanes) is 1. The number of phenolic OH excluding ortho intramolecular Hbond substituents is 1. The number of nitrogens with one attached hydrogen (secondary N) is 1. The molecule has 4 amide bonds. The number of hydrogen-bond donors (Lipinski definition) is 2. The SMILES string of the molecule is CCCCN1C(=O)NC(=O)C(=Cc2ccc(OC)c(O)c2)C1=O. The summed E-state index contributed by atoms with van der Waals surface area (Å²) in [7, 11) is 1.42. The second kappa shape index (κ2) is 6.95. The third kappa shape index (κ3) is 3.50. The van der Waals surface area contributed by atoms with Gasteiger partial charge in [-0.05, 0) is 30.2 Å². The Balaban J connectivity index is 2.32. The van der Waals surface area contributed by atoms with E-state index in [9.17, 15) is 19.5 Å². The van der Waals surface area contributed by atoms with Crippen molar-refractivity contribution in [2.45, 2.75) is 19.8 Å². The molecule has 1 aromatic carbocycles. The van der Waals surface area contributed by atoms with Crippen LogP contribution in [0.5, 0.6) is 11.5 Å². The van der Waals surface area contributed by atoms with Crippen LogP contribution in [-0.4, -0.2) is 41.5 Å². The minimum atomic E-state index is -0.747. The average molecular weight is 318 g/mol.